The van der Waals surface area contributed by atoms with E-state index in [0.717, 1.165) is 32.0 Å². The van der Waals surface area contributed by atoms with Gasteiger partial charge in [-0.2, -0.15) is 0 Å². The molecule has 0 radical (unpaired) electrons. The summed E-state index contributed by atoms with van der Waals surface area (Å²) in [5.74, 6) is 0.629. The van der Waals surface area contributed by atoms with Crippen LogP contribution in [-0.4, -0.2) is 74.7 Å². The van der Waals surface area contributed by atoms with Crippen molar-refractivity contribution in [1.82, 2.24) is 29.7 Å². The van der Waals surface area contributed by atoms with Gasteiger partial charge in [-0.05, 0) is 31.2 Å². The van der Waals surface area contributed by atoms with Gasteiger partial charge in [0.25, 0.3) is 5.91 Å². The van der Waals surface area contributed by atoms with Crippen LogP contribution in [0.2, 0.25) is 0 Å². The molecular weight excluding hydrogens is 392 g/mol. The van der Waals surface area contributed by atoms with Gasteiger partial charge in [-0.25, -0.2) is 0 Å². The average molecular weight is 423 g/mol. The van der Waals surface area contributed by atoms with Crippen LogP contribution in [0.15, 0.2) is 48.7 Å². The van der Waals surface area contributed by atoms with E-state index < -0.39 is 0 Å². The number of nitrogens with one attached hydrogen (secondary N) is 1. The quantitative estimate of drug-likeness (QED) is 0.603. The molecule has 1 aromatic carbocycles. The highest BCUT2D eigenvalue weighted by molar-refractivity contribution is 5.94. The first-order valence-corrected chi connectivity index (χ1v) is 10.8. The van der Waals surface area contributed by atoms with Crippen LogP contribution < -0.4 is 5.32 Å². The van der Waals surface area contributed by atoms with E-state index in [4.69, 9.17) is 0 Å². The molecule has 1 amide bonds. The molecule has 0 spiro atoms. The van der Waals surface area contributed by atoms with Crippen molar-refractivity contribution < 1.29 is 9.90 Å². The van der Waals surface area contributed by atoms with Crippen LogP contribution in [0.3, 0.4) is 0 Å². The lowest BCUT2D eigenvalue weighted by atomic mass is 10.1. The minimum atomic E-state index is -0.250. The number of likely N-dealkylation sites (N-methyl/N-ethyl adjacent to an activating group) is 1. The number of piperazine rings is 1. The molecule has 1 fully saturated rings. The van der Waals surface area contributed by atoms with E-state index in [1.807, 2.05) is 23.5 Å². The molecule has 0 saturated carbocycles. The summed E-state index contributed by atoms with van der Waals surface area (Å²) in [4.78, 5) is 17.4. The maximum Gasteiger partial charge on any atom is 0.253 e. The number of hydrogen-bond donors (Lipinski definition) is 2. The van der Waals surface area contributed by atoms with E-state index in [9.17, 15) is 9.90 Å². The third-order valence-electron chi connectivity index (χ3n) is 6.02. The molecule has 1 aliphatic rings. The topological polar surface area (TPSA) is 86.0 Å². The smallest absolute Gasteiger partial charge is 0.253 e. The van der Waals surface area contributed by atoms with Crippen LogP contribution in [0.25, 0.3) is 5.65 Å². The van der Waals surface area contributed by atoms with Crippen molar-refractivity contribution in [2.45, 2.75) is 32.0 Å². The van der Waals surface area contributed by atoms with Gasteiger partial charge in [0.15, 0.2) is 11.5 Å². The summed E-state index contributed by atoms with van der Waals surface area (Å²) < 4.78 is 1.92. The Kier molecular flexibility index (Phi) is 6.60. The molecular formula is C23H30N6O2. The van der Waals surface area contributed by atoms with Crippen LogP contribution in [0.5, 0.6) is 0 Å². The Balaban J connectivity index is 1.56. The van der Waals surface area contributed by atoms with Crippen molar-refractivity contribution in [3.8, 4) is 0 Å². The molecule has 3 aromatic rings. The number of benzene rings is 1. The first-order chi connectivity index (χ1) is 15.1. The summed E-state index contributed by atoms with van der Waals surface area (Å²) >= 11 is 0. The summed E-state index contributed by atoms with van der Waals surface area (Å²) in [6.07, 6.45) is 2.47. The lowest BCUT2D eigenvalue weighted by Crippen LogP contribution is -2.46. The summed E-state index contributed by atoms with van der Waals surface area (Å²) in [7, 11) is 2.11. The fourth-order valence-corrected chi connectivity index (χ4v) is 4.01. The van der Waals surface area contributed by atoms with Crippen LogP contribution in [-0.2, 0) is 6.54 Å². The Morgan fingerprint density at radius 1 is 1.19 bits per heavy atom. The Bertz CT molecular complexity index is 1020. The largest absolute Gasteiger partial charge is 0.394 e. The second-order valence-corrected chi connectivity index (χ2v) is 8.18. The van der Waals surface area contributed by atoms with Crippen molar-refractivity contribution in [3.05, 3.63) is 65.6 Å². The Morgan fingerprint density at radius 2 is 2.00 bits per heavy atom. The van der Waals surface area contributed by atoms with Crippen LogP contribution in [0.1, 0.15) is 41.1 Å². The molecule has 8 heteroatoms. The van der Waals surface area contributed by atoms with E-state index in [-0.39, 0.29) is 24.6 Å². The normalized spacial score (nSPS) is 18.9. The minimum Gasteiger partial charge on any atom is -0.394 e. The molecule has 8 nitrogen and oxygen atoms in total. The number of aliphatic hydroxyl groups excluding tert-OH is 1. The maximum atomic E-state index is 12.7. The third kappa shape index (κ3) is 4.76. The zero-order valence-electron chi connectivity index (χ0n) is 18.1. The molecule has 2 unspecified atom stereocenters. The summed E-state index contributed by atoms with van der Waals surface area (Å²) in [5, 5.41) is 21.1. The lowest BCUT2D eigenvalue weighted by molar-refractivity contribution is 0.0852. The van der Waals surface area contributed by atoms with Crippen molar-refractivity contribution in [3.63, 3.8) is 0 Å². The van der Waals surface area contributed by atoms with E-state index in [1.54, 1.807) is 12.3 Å². The molecule has 2 atom stereocenters. The Morgan fingerprint density at radius 3 is 2.74 bits per heavy atom. The number of pyridine rings is 1. The number of nitrogens with zero attached hydrogens (tertiary/aromatic N) is 5. The van der Waals surface area contributed by atoms with Crippen LogP contribution in [0, 0.1) is 0 Å². The average Bonchev–Trinajstić information content (AvgIpc) is 3.22. The van der Waals surface area contributed by atoms with Crippen molar-refractivity contribution >= 4 is 11.6 Å². The monoisotopic (exact) mass is 422 g/mol. The Hall–Kier alpha value is -2.81. The summed E-state index contributed by atoms with van der Waals surface area (Å²) in [5.41, 5.74) is 2.54. The highest BCUT2D eigenvalue weighted by Gasteiger charge is 2.29. The predicted octanol–water partition coefficient (Wildman–Crippen LogP) is 1.72. The number of hydrogen-bond acceptors (Lipinski definition) is 6. The molecule has 2 N–H and O–H groups in total. The number of fused-ring (bicyclic) bond motifs is 1. The second kappa shape index (κ2) is 9.55. The van der Waals surface area contributed by atoms with Gasteiger partial charge in [0.2, 0.25) is 0 Å². The molecule has 0 aliphatic carbocycles. The highest BCUT2D eigenvalue weighted by Crippen LogP contribution is 2.24. The summed E-state index contributed by atoms with van der Waals surface area (Å²) in [6.45, 7) is 5.52. The molecule has 1 aliphatic heterocycles. The molecule has 2 aromatic heterocycles. The first kappa shape index (κ1) is 21.4. The van der Waals surface area contributed by atoms with Gasteiger partial charge in [0.1, 0.15) is 0 Å². The van der Waals surface area contributed by atoms with Gasteiger partial charge in [-0.3, -0.25) is 19.0 Å². The van der Waals surface area contributed by atoms with Gasteiger partial charge in [0, 0.05) is 32.4 Å². The van der Waals surface area contributed by atoms with Crippen molar-refractivity contribution in [1.29, 1.82) is 0 Å². The fraction of sp³-hybridized carbons (Fsp3) is 0.435. The number of aliphatic hydroxyl groups is 1. The standard InChI is InChI=1S/C23H30N6O2/c1-3-19(16-30)24-23(31)18-9-10-21-25-26-22(29(21)14-18)20-15-28(12-11-27(20)2)13-17-7-5-4-6-8-17/h4-10,14,19-20,30H,3,11-13,15-16H2,1-2H3,(H,24,31). The number of rotatable bonds is 7. The summed E-state index contributed by atoms with van der Waals surface area (Å²) in [6, 6.07) is 13.9. The van der Waals surface area contributed by atoms with Gasteiger partial charge >= 0.3 is 0 Å². The van der Waals surface area contributed by atoms with Crippen LogP contribution in [0.4, 0.5) is 0 Å². The first-order valence-electron chi connectivity index (χ1n) is 10.8. The third-order valence-corrected chi connectivity index (χ3v) is 6.02. The fourth-order valence-electron chi connectivity index (χ4n) is 4.01. The molecule has 4 rings (SSSR count). The van der Waals surface area contributed by atoms with Gasteiger partial charge in [-0.15, -0.1) is 10.2 Å². The predicted molar refractivity (Wildman–Crippen MR) is 119 cm³/mol. The van der Waals surface area contributed by atoms with Gasteiger partial charge < -0.3 is 10.4 Å². The SMILES string of the molecule is CCC(CO)NC(=O)c1ccc2nnc(C3CN(Cc4ccccc4)CCN3C)n2c1. The number of aromatic nitrogens is 3. The molecule has 3 heterocycles. The van der Waals surface area contributed by atoms with E-state index in [2.05, 4.69) is 56.6 Å². The van der Waals surface area contributed by atoms with E-state index in [1.165, 1.54) is 5.56 Å². The highest BCUT2D eigenvalue weighted by atomic mass is 16.3. The molecule has 31 heavy (non-hydrogen) atoms. The van der Waals surface area contributed by atoms with Gasteiger partial charge in [0.05, 0.1) is 24.3 Å². The zero-order valence-corrected chi connectivity index (χ0v) is 18.1. The van der Waals surface area contributed by atoms with E-state index in [0.29, 0.717) is 17.6 Å². The maximum absolute atomic E-state index is 12.7. The van der Waals surface area contributed by atoms with Crippen LogP contribution >= 0.6 is 0 Å². The molecule has 1 saturated heterocycles. The minimum absolute atomic E-state index is 0.0756. The van der Waals surface area contributed by atoms with Crippen molar-refractivity contribution in [2.24, 2.45) is 0 Å². The Labute approximate surface area is 182 Å². The lowest BCUT2D eigenvalue weighted by Gasteiger charge is -2.38. The second-order valence-electron chi connectivity index (χ2n) is 8.18. The zero-order chi connectivity index (χ0) is 21.8. The number of amides is 1. The number of carbonyl (C=O) groups excluding carboxylic acids is 1. The van der Waals surface area contributed by atoms with Gasteiger partial charge in [-0.1, -0.05) is 37.3 Å². The van der Waals surface area contributed by atoms with Crippen molar-refractivity contribution in [2.75, 3.05) is 33.3 Å². The molecule has 0 bridgehead atoms. The van der Waals surface area contributed by atoms with E-state index >= 15 is 0 Å². The molecule has 164 valence electrons. The number of carbonyl (C=O) groups is 1.